The fourth-order valence-corrected chi connectivity index (χ4v) is 1.42. The molecule has 0 bridgehead atoms. The summed E-state index contributed by atoms with van der Waals surface area (Å²) in [5.41, 5.74) is 0.781. The number of pyridine rings is 1. The van der Waals surface area contributed by atoms with E-state index in [4.69, 9.17) is 4.52 Å². The third-order valence-electron chi connectivity index (χ3n) is 2.29. The van der Waals surface area contributed by atoms with Gasteiger partial charge in [-0.3, -0.25) is 9.78 Å². The molecular weight excluding hydrogens is 232 g/mol. The number of aryl methyl sites for hydroxylation is 1. The number of hydrogen-bond acceptors (Lipinski definition) is 5. The number of carbonyl (C=O) groups is 1. The fourth-order valence-electron chi connectivity index (χ4n) is 1.42. The van der Waals surface area contributed by atoms with Gasteiger partial charge in [0.25, 0.3) is 11.7 Å². The van der Waals surface area contributed by atoms with E-state index in [0.717, 1.165) is 12.1 Å². The first-order valence-corrected chi connectivity index (χ1v) is 5.80. The Morgan fingerprint density at radius 3 is 3.06 bits per heavy atom. The van der Waals surface area contributed by atoms with Crippen molar-refractivity contribution in [3.8, 4) is 0 Å². The summed E-state index contributed by atoms with van der Waals surface area (Å²) in [5.74, 6) is 0.196. The van der Waals surface area contributed by atoms with Gasteiger partial charge in [-0.05, 0) is 18.6 Å². The number of nitrogens with one attached hydrogen (secondary N) is 1. The largest absolute Gasteiger partial charge is 0.344 e. The molecule has 6 nitrogen and oxygen atoms in total. The minimum atomic E-state index is -0.355. The van der Waals surface area contributed by atoms with E-state index in [0.29, 0.717) is 18.9 Å². The molecule has 0 aliphatic heterocycles. The van der Waals surface area contributed by atoms with Gasteiger partial charge < -0.3 is 9.84 Å². The second kappa shape index (κ2) is 5.90. The molecule has 0 atom stereocenters. The van der Waals surface area contributed by atoms with E-state index in [1.165, 1.54) is 0 Å². The highest BCUT2D eigenvalue weighted by molar-refractivity contribution is 5.90. The highest BCUT2D eigenvalue weighted by Crippen LogP contribution is 2.01. The molecule has 6 heteroatoms. The van der Waals surface area contributed by atoms with Gasteiger partial charge in [0.2, 0.25) is 5.89 Å². The molecule has 0 aliphatic rings. The standard InChI is InChI=1S/C12H14N4O2/c1-2-5-10-15-11(16-18-10)12(17)14-8-9-6-3-4-7-13-9/h3-4,6-7H,2,5,8H2,1H3,(H,14,17). The SMILES string of the molecule is CCCc1nc(C(=O)NCc2ccccn2)no1. The Hall–Kier alpha value is -2.24. The molecular formula is C12H14N4O2. The van der Waals surface area contributed by atoms with Crippen LogP contribution in [-0.2, 0) is 13.0 Å². The number of rotatable bonds is 5. The molecule has 0 unspecified atom stereocenters. The van der Waals surface area contributed by atoms with Crippen LogP contribution < -0.4 is 5.32 Å². The number of carbonyl (C=O) groups excluding carboxylic acids is 1. The van der Waals surface area contributed by atoms with Crippen molar-refractivity contribution in [1.82, 2.24) is 20.4 Å². The van der Waals surface area contributed by atoms with Crippen LogP contribution >= 0.6 is 0 Å². The van der Waals surface area contributed by atoms with Crippen LogP contribution in [0, 0.1) is 0 Å². The monoisotopic (exact) mass is 246 g/mol. The first-order valence-electron chi connectivity index (χ1n) is 5.80. The molecule has 2 rings (SSSR count). The van der Waals surface area contributed by atoms with Crippen molar-refractivity contribution in [2.45, 2.75) is 26.3 Å². The van der Waals surface area contributed by atoms with Gasteiger partial charge in [-0.15, -0.1) is 0 Å². The summed E-state index contributed by atoms with van der Waals surface area (Å²) in [4.78, 5) is 19.8. The number of aromatic nitrogens is 3. The van der Waals surface area contributed by atoms with Crippen molar-refractivity contribution in [2.24, 2.45) is 0 Å². The van der Waals surface area contributed by atoms with Crippen LogP contribution in [0.15, 0.2) is 28.9 Å². The lowest BCUT2D eigenvalue weighted by Gasteiger charge is -2.00. The van der Waals surface area contributed by atoms with Crippen LogP contribution in [0.5, 0.6) is 0 Å². The van der Waals surface area contributed by atoms with Gasteiger partial charge in [-0.1, -0.05) is 18.1 Å². The lowest BCUT2D eigenvalue weighted by atomic mass is 10.3. The first kappa shape index (κ1) is 12.2. The second-order valence-corrected chi connectivity index (χ2v) is 3.77. The number of nitrogens with zero attached hydrogens (tertiary/aromatic N) is 3. The van der Waals surface area contributed by atoms with Crippen molar-refractivity contribution >= 4 is 5.91 Å². The molecule has 94 valence electrons. The molecule has 18 heavy (non-hydrogen) atoms. The Labute approximate surface area is 104 Å². The Morgan fingerprint density at radius 1 is 1.44 bits per heavy atom. The molecule has 0 aromatic carbocycles. The third-order valence-corrected chi connectivity index (χ3v) is 2.29. The predicted octanol–water partition coefficient (Wildman–Crippen LogP) is 1.35. The Morgan fingerprint density at radius 2 is 2.33 bits per heavy atom. The minimum absolute atomic E-state index is 0.0642. The molecule has 0 saturated heterocycles. The van der Waals surface area contributed by atoms with Gasteiger partial charge in [0.15, 0.2) is 0 Å². The highest BCUT2D eigenvalue weighted by atomic mass is 16.5. The maximum atomic E-state index is 11.7. The Bertz CT molecular complexity index is 510. The van der Waals surface area contributed by atoms with E-state index in [9.17, 15) is 4.79 Å². The summed E-state index contributed by atoms with van der Waals surface area (Å²) < 4.78 is 4.94. The van der Waals surface area contributed by atoms with Crippen molar-refractivity contribution in [1.29, 1.82) is 0 Å². The minimum Gasteiger partial charge on any atom is -0.344 e. The molecule has 0 radical (unpaired) electrons. The van der Waals surface area contributed by atoms with Gasteiger partial charge in [-0.25, -0.2) is 0 Å². The fraction of sp³-hybridized carbons (Fsp3) is 0.333. The molecule has 1 amide bonds. The smallest absolute Gasteiger partial charge is 0.293 e. The molecule has 0 fully saturated rings. The predicted molar refractivity (Wildman–Crippen MR) is 63.7 cm³/mol. The zero-order valence-corrected chi connectivity index (χ0v) is 10.1. The summed E-state index contributed by atoms with van der Waals surface area (Å²) in [6, 6.07) is 5.52. The topological polar surface area (TPSA) is 80.9 Å². The summed E-state index contributed by atoms with van der Waals surface area (Å²) in [6.45, 7) is 2.35. The summed E-state index contributed by atoms with van der Waals surface area (Å²) in [7, 11) is 0. The summed E-state index contributed by atoms with van der Waals surface area (Å²) in [6.07, 6.45) is 3.26. The van der Waals surface area contributed by atoms with E-state index >= 15 is 0 Å². The molecule has 2 aromatic rings. The Balaban J connectivity index is 1.91. The second-order valence-electron chi connectivity index (χ2n) is 3.77. The van der Waals surface area contributed by atoms with E-state index in [2.05, 4.69) is 20.4 Å². The summed E-state index contributed by atoms with van der Waals surface area (Å²) in [5, 5.41) is 6.31. The van der Waals surface area contributed by atoms with Crippen molar-refractivity contribution < 1.29 is 9.32 Å². The van der Waals surface area contributed by atoms with E-state index in [1.807, 2.05) is 25.1 Å². The van der Waals surface area contributed by atoms with Gasteiger partial charge >= 0.3 is 0 Å². The van der Waals surface area contributed by atoms with Gasteiger partial charge in [-0.2, -0.15) is 4.98 Å². The van der Waals surface area contributed by atoms with Gasteiger partial charge in [0.05, 0.1) is 12.2 Å². The molecule has 0 spiro atoms. The average Bonchev–Trinajstić information content (AvgIpc) is 2.86. The highest BCUT2D eigenvalue weighted by Gasteiger charge is 2.13. The number of amides is 1. The van der Waals surface area contributed by atoms with Crippen LogP contribution in [-0.4, -0.2) is 21.0 Å². The quantitative estimate of drug-likeness (QED) is 0.861. The molecule has 1 N–H and O–H groups in total. The molecule has 2 aromatic heterocycles. The zero-order chi connectivity index (χ0) is 12.8. The van der Waals surface area contributed by atoms with Crippen LogP contribution in [0.25, 0.3) is 0 Å². The van der Waals surface area contributed by atoms with E-state index in [1.54, 1.807) is 6.20 Å². The summed E-state index contributed by atoms with van der Waals surface area (Å²) >= 11 is 0. The van der Waals surface area contributed by atoms with Crippen molar-refractivity contribution in [3.05, 3.63) is 41.8 Å². The third kappa shape index (κ3) is 3.13. The van der Waals surface area contributed by atoms with E-state index < -0.39 is 0 Å². The molecule has 0 aliphatic carbocycles. The van der Waals surface area contributed by atoms with Crippen molar-refractivity contribution in [3.63, 3.8) is 0 Å². The molecule has 0 saturated carbocycles. The van der Waals surface area contributed by atoms with Crippen molar-refractivity contribution in [2.75, 3.05) is 0 Å². The lowest BCUT2D eigenvalue weighted by Crippen LogP contribution is -2.24. The zero-order valence-electron chi connectivity index (χ0n) is 10.1. The maximum Gasteiger partial charge on any atom is 0.293 e. The normalized spacial score (nSPS) is 10.3. The maximum absolute atomic E-state index is 11.7. The lowest BCUT2D eigenvalue weighted by molar-refractivity contribution is 0.0937. The van der Waals surface area contributed by atoms with Crippen LogP contribution in [0.3, 0.4) is 0 Å². The average molecular weight is 246 g/mol. The molecule has 2 heterocycles. The first-order chi connectivity index (χ1) is 8.79. The Kier molecular flexibility index (Phi) is 4.01. The van der Waals surface area contributed by atoms with E-state index in [-0.39, 0.29) is 11.7 Å². The number of hydrogen-bond donors (Lipinski definition) is 1. The van der Waals surface area contributed by atoms with Gasteiger partial charge in [0.1, 0.15) is 0 Å². The van der Waals surface area contributed by atoms with Crippen LogP contribution in [0.2, 0.25) is 0 Å². The van der Waals surface area contributed by atoms with Gasteiger partial charge in [0, 0.05) is 12.6 Å². The van der Waals surface area contributed by atoms with Crippen LogP contribution in [0.1, 0.15) is 35.5 Å². The van der Waals surface area contributed by atoms with Crippen LogP contribution in [0.4, 0.5) is 0 Å².